The van der Waals surface area contributed by atoms with Crippen LogP contribution in [0.5, 0.6) is 0 Å². The van der Waals surface area contributed by atoms with Gasteiger partial charge in [0.1, 0.15) is 11.5 Å². The Kier molecular flexibility index (Phi) is 2.72. The van der Waals surface area contributed by atoms with Gasteiger partial charge in [-0.05, 0) is 24.3 Å². The van der Waals surface area contributed by atoms with Crippen LogP contribution < -0.4 is 5.73 Å². The van der Waals surface area contributed by atoms with Gasteiger partial charge in [-0.3, -0.25) is 0 Å². The summed E-state index contributed by atoms with van der Waals surface area (Å²) in [6.45, 7) is 0. The van der Waals surface area contributed by atoms with E-state index in [0.717, 1.165) is 5.56 Å². The van der Waals surface area contributed by atoms with Crippen molar-refractivity contribution in [1.82, 2.24) is 15.0 Å². The molecule has 19 heavy (non-hydrogen) atoms. The van der Waals surface area contributed by atoms with E-state index < -0.39 is 0 Å². The molecule has 2 aromatic carbocycles. The molecule has 4 nitrogen and oxygen atoms in total. The van der Waals surface area contributed by atoms with Crippen LogP contribution in [0.15, 0.2) is 54.6 Å². The minimum Gasteiger partial charge on any atom is -0.382 e. The number of hydrogen-bond donors (Lipinski definition) is 1. The van der Waals surface area contributed by atoms with E-state index in [1.165, 1.54) is 16.8 Å². The second-order valence-corrected chi connectivity index (χ2v) is 4.08. The lowest BCUT2D eigenvalue weighted by Crippen LogP contribution is -2.02. The monoisotopic (exact) mass is 254 g/mol. The van der Waals surface area contributed by atoms with Gasteiger partial charge in [-0.25, -0.2) is 4.39 Å². The van der Waals surface area contributed by atoms with E-state index in [9.17, 15) is 4.39 Å². The molecule has 0 aliphatic rings. The zero-order valence-electron chi connectivity index (χ0n) is 9.99. The maximum absolute atomic E-state index is 12.9. The number of rotatable bonds is 2. The molecule has 0 saturated heterocycles. The molecule has 3 aromatic rings. The van der Waals surface area contributed by atoms with Crippen LogP contribution in [0.3, 0.4) is 0 Å². The van der Waals surface area contributed by atoms with Crippen LogP contribution in [0.1, 0.15) is 0 Å². The number of halogens is 1. The number of benzene rings is 2. The van der Waals surface area contributed by atoms with Crippen molar-refractivity contribution in [1.29, 1.82) is 0 Å². The van der Waals surface area contributed by atoms with E-state index in [1.807, 2.05) is 30.3 Å². The van der Waals surface area contributed by atoms with Crippen LogP contribution in [0, 0.1) is 5.82 Å². The van der Waals surface area contributed by atoms with Gasteiger partial charge >= 0.3 is 0 Å². The van der Waals surface area contributed by atoms with Crippen LogP contribution in [0.2, 0.25) is 0 Å². The van der Waals surface area contributed by atoms with Crippen molar-refractivity contribution in [2.45, 2.75) is 0 Å². The highest BCUT2D eigenvalue weighted by atomic mass is 19.1. The Bertz CT molecular complexity index is 689. The number of hydrogen-bond acceptors (Lipinski definition) is 3. The van der Waals surface area contributed by atoms with Crippen molar-refractivity contribution in [3.05, 3.63) is 60.4 Å². The molecule has 0 radical (unpaired) electrons. The molecule has 0 aliphatic heterocycles. The van der Waals surface area contributed by atoms with Crippen molar-refractivity contribution in [3.63, 3.8) is 0 Å². The lowest BCUT2D eigenvalue weighted by Gasteiger charge is -2.03. The summed E-state index contributed by atoms with van der Waals surface area (Å²) < 4.78 is 14.4. The quantitative estimate of drug-likeness (QED) is 0.764. The summed E-state index contributed by atoms with van der Waals surface area (Å²) in [5, 5.41) is 8.09. The predicted molar refractivity (Wildman–Crippen MR) is 71.2 cm³/mol. The summed E-state index contributed by atoms with van der Waals surface area (Å²) in [6, 6.07) is 15.5. The lowest BCUT2D eigenvalue weighted by atomic mass is 10.1. The highest BCUT2D eigenvalue weighted by molar-refractivity contribution is 5.70. The van der Waals surface area contributed by atoms with Crippen LogP contribution in [0.25, 0.3) is 16.9 Å². The molecule has 0 bridgehead atoms. The lowest BCUT2D eigenvalue weighted by molar-refractivity contribution is 0.627. The van der Waals surface area contributed by atoms with Crippen molar-refractivity contribution >= 4 is 5.82 Å². The van der Waals surface area contributed by atoms with Crippen LogP contribution in [0.4, 0.5) is 10.2 Å². The third-order valence-corrected chi connectivity index (χ3v) is 2.82. The molecule has 3 rings (SSSR count). The van der Waals surface area contributed by atoms with E-state index in [2.05, 4.69) is 10.3 Å². The van der Waals surface area contributed by atoms with Gasteiger partial charge in [-0.15, -0.1) is 5.10 Å². The summed E-state index contributed by atoms with van der Waals surface area (Å²) in [4.78, 5) is 0. The first-order valence-corrected chi connectivity index (χ1v) is 5.78. The van der Waals surface area contributed by atoms with Crippen LogP contribution in [-0.4, -0.2) is 15.0 Å². The maximum atomic E-state index is 12.9. The molecule has 0 saturated carbocycles. The summed E-state index contributed by atoms with van der Waals surface area (Å²) in [7, 11) is 0. The molecule has 0 unspecified atom stereocenters. The number of anilines is 1. The molecule has 0 amide bonds. The van der Waals surface area contributed by atoms with E-state index in [0.29, 0.717) is 17.2 Å². The van der Waals surface area contributed by atoms with Gasteiger partial charge in [-0.1, -0.05) is 35.5 Å². The molecule has 0 spiro atoms. The van der Waals surface area contributed by atoms with Gasteiger partial charge in [0.15, 0.2) is 5.82 Å². The summed E-state index contributed by atoms with van der Waals surface area (Å²) >= 11 is 0. The van der Waals surface area contributed by atoms with Gasteiger partial charge in [0.25, 0.3) is 0 Å². The highest BCUT2D eigenvalue weighted by Crippen LogP contribution is 2.24. The molecule has 0 aliphatic carbocycles. The Morgan fingerprint density at radius 3 is 2.32 bits per heavy atom. The molecule has 1 aromatic heterocycles. The van der Waals surface area contributed by atoms with E-state index in [4.69, 9.17) is 5.73 Å². The minimum absolute atomic E-state index is 0.300. The third kappa shape index (κ3) is 2.06. The van der Waals surface area contributed by atoms with Crippen molar-refractivity contribution in [2.24, 2.45) is 0 Å². The fourth-order valence-electron chi connectivity index (χ4n) is 1.86. The predicted octanol–water partition coefficient (Wildman–Crippen LogP) is 2.66. The highest BCUT2D eigenvalue weighted by Gasteiger charge is 2.12. The first-order chi connectivity index (χ1) is 9.25. The van der Waals surface area contributed by atoms with Crippen molar-refractivity contribution in [2.75, 3.05) is 5.73 Å². The number of aromatic nitrogens is 3. The first kappa shape index (κ1) is 11.4. The van der Waals surface area contributed by atoms with Gasteiger partial charge in [-0.2, -0.15) is 4.68 Å². The Morgan fingerprint density at radius 2 is 1.63 bits per heavy atom. The van der Waals surface area contributed by atoms with Gasteiger partial charge in [0, 0.05) is 5.56 Å². The molecule has 94 valence electrons. The van der Waals surface area contributed by atoms with Crippen molar-refractivity contribution < 1.29 is 4.39 Å². The van der Waals surface area contributed by atoms with E-state index in [1.54, 1.807) is 12.1 Å². The van der Waals surface area contributed by atoms with Gasteiger partial charge < -0.3 is 5.73 Å². The second kappa shape index (κ2) is 4.53. The molecule has 2 N–H and O–H groups in total. The molecule has 0 fully saturated rings. The zero-order valence-corrected chi connectivity index (χ0v) is 9.99. The minimum atomic E-state index is -0.300. The maximum Gasteiger partial charge on any atom is 0.155 e. The molecule has 1 heterocycles. The Balaban J connectivity index is 2.06. The SMILES string of the molecule is Nc1c(-c2ccccc2)nnn1-c1ccc(F)cc1. The smallest absolute Gasteiger partial charge is 0.155 e. The third-order valence-electron chi connectivity index (χ3n) is 2.82. The van der Waals surface area contributed by atoms with Gasteiger partial charge in [0.2, 0.25) is 0 Å². The largest absolute Gasteiger partial charge is 0.382 e. The fourth-order valence-corrected chi connectivity index (χ4v) is 1.86. The Morgan fingerprint density at radius 1 is 0.947 bits per heavy atom. The molecular weight excluding hydrogens is 243 g/mol. The summed E-state index contributed by atoms with van der Waals surface area (Å²) in [5.41, 5.74) is 8.24. The number of nitrogen functional groups attached to an aromatic ring is 1. The number of nitrogens with zero attached hydrogens (tertiary/aromatic N) is 3. The Hall–Kier alpha value is -2.69. The standard InChI is InChI=1S/C14H11FN4/c15-11-6-8-12(9-7-11)19-14(16)13(17-18-19)10-4-2-1-3-5-10/h1-9H,16H2. The van der Waals surface area contributed by atoms with Crippen LogP contribution in [-0.2, 0) is 0 Å². The van der Waals surface area contributed by atoms with E-state index >= 15 is 0 Å². The van der Waals surface area contributed by atoms with Crippen molar-refractivity contribution in [3.8, 4) is 16.9 Å². The fraction of sp³-hybridized carbons (Fsp3) is 0. The zero-order chi connectivity index (χ0) is 13.2. The second-order valence-electron chi connectivity index (χ2n) is 4.08. The first-order valence-electron chi connectivity index (χ1n) is 5.78. The average molecular weight is 254 g/mol. The van der Waals surface area contributed by atoms with E-state index in [-0.39, 0.29) is 5.82 Å². The number of nitrogens with two attached hydrogens (primary N) is 1. The van der Waals surface area contributed by atoms with Gasteiger partial charge in [0.05, 0.1) is 5.69 Å². The topological polar surface area (TPSA) is 56.7 Å². The summed E-state index contributed by atoms with van der Waals surface area (Å²) in [6.07, 6.45) is 0. The van der Waals surface area contributed by atoms with Crippen LogP contribution >= 0.6 is 0 Å². The Labute approximate surface area is 109 Å². The molecule has 0 atom stereocenters. The molecular formula is C14H11FN4. The molecule has 5 heteroatoms. The summed E-state index contributed by atoms with van der Waals surface area (Å²) in [5.74, 6) is 0.128. The average Bonchev–Trinajstić information content (AvgIpc) is 2.83. The normalized spacial score (nSPS) is 10.6.